The average molecular weight is 430 g/mol. The molecule has 1 unspecified atom stereocenters. The number of hydrogen-bond acceptors (Lipinski definition) is 3. The quantitative estimate of drug-likeness (QED) is 0.413. The van der Waals surface area contributed by atoms with E-state index in [-0.39, 0.29) is 23.6 Å². The lowest BCUT2D eigenvalue weighted by atomic mass is 9.97. The van der Waals surface area contributed by atoms with Crippen LogP contribution in [0.1, 0.15) is 44.4 Å². The molecule has 0 fully saturated rings. The first kappa shape index (κ1) is 19.6. The summed E-state index contributed by atoms with van der Waals surface area (Å²) >= 11 is 6.38. The minimum absolute atomic E-state index is 0.113. The SMILES string of the molecule is Cc1cc2oc3c(c(=O)c2cc1C)C(c1ccccc1)N(Cc1ccccc1Cl)C3=O. The van der Waals surface area contributed by atoms with Crippen LogP contribution in [0.25, 0.3) is 11.0 Å². The lowest BCUT2D eigenvalue weighted by molar-refractivity contribution is 0.0714. The highest BCUT2D eigenvalue weighted by molar-refractivity contribution is 6.31. The Balaban J connectivity index is 1.75. The summed E-state index contributed by atoms with van der Waals surface area (Å²) in [7, 11) is 0. The number of nitrogens with zero attached hydrogens (tertiary/aromatic N) is 1. The van der Waals surface area contributed by atoms with Crippen molar-refractivity contribution >= 4 is 28.5 Å². The van der Waals surface area contributed by atoms with Crippen molar-refractivity contribution in [2.45, 2.75) is 26.4 Å². The van der Waals surface area contributed by atoms with Crippen LogP contribution in [0.5, 0.6) is 0 Å². The number of aryl methyl sites for hydroxylation is 2. The smallest absolute Gasteiger partial charge is 0.291 e. The van der Waals surface area contributed by atoms with Crippen LogP contribution in [-0.4, -0.2) is 10.8 Å². The molecule has 5 heteroatoms. The van der Waals surface area contributed by atoms with E-state index < -0.39 is 6.04 Å². The summed E-state index contributed by atoms with van der Waals surface area (Å²) in [6, 6.07) is 20.1. The molecule has 4 nitrogen and oxygen atoms in total. The van der Waals surface area contributed by atoms with E-state index in [0.29, 0.717) is 21.6 Å². The van der Waals surface area contributed by atoms with Gasteiger partial charge >= 0.3 is 0 Å². The highest BCUT2D eigenvalue weighted by Crippen LogP contribution is 2.39. The molecule has 0 bridgehead atoms. The minimum atomic E-state index is -0.540. The molecule has 154 valence electrons. The Labute approximate surface area is 184 Å². The summed E-state index contributed by atoms with van der Waals surface area (Å²) in [5.74, 6) is -0.192. The van der Waals surface area contributed by atoms with E-state index in [1.165, 1.54) is 0 Å². The second-order valence-electron chi connectivity index (χ2n) is 7.94. The Morgan fingerprint density at radius 1 is 0.935 bits per heavy atom. The van der Waals surface area contributed by atoms with Gasteiger partial charge in [-0.15, -0.1) is 0 Å². The molecule has 1 aromatic heterocycles. The summed E-state index contributed by atoms with van der Waals surface area (Å²) in [4.78, 5) is 28.8. The standard InChI is InChI=1S/C26H20ClNO3/c1-15-12-19-21(13-16(15)2)31-25-22(24(19)29)23(17-8-4-3-5-9-17)28(26(25)30)14-18-10-6-7-11-20(18)27/h3-13,23H,14H2,1-2H3. The molecule has 0 saturated carbocycles. The number of carbonyl (C=O) groups excluding carboxylic acids is 1. The van der Waals surface area contributed by atoms with Crippen LogP contribution < -0.4 is 5.43 Å². The van der Waals surface area contributed by atoms with Gasteiger partial charge in [-0.1, -0.05) is 60.1 Å². The normalized spacial score (nSPS) is 15.5. The van der Waals surface area contributed by atoms with Gasteiger partial charge in [-0.05, 0) is 54.3 Å². The van der Waals surface area contributed by atoms with Gasteiger partial charge in [-0.3, -0.25) is 9.59 Å². The van der Waals surface area contributed by atoms with Crippen LogP contribution in [0.15, 0.2) is 75.9 Å². The van der Waals surface area contributed by atoms with Gasteiger partial charge in [0.15, 0.2) is 5.43 Å². The minimum Gasteiger partial charge on any atom is -0.450 e. The van der Waals surface area contributed by atoms with Crippen molar-refractivity contribution in [1.82, 2.24) is 4.90 Å². The monoisotopic (exact) mass is 429 g/mol. The van der Waals surface area contributed by atoms with E-state index in [4.69, 9.17) is 16.0 Å². The van der Waals surface area contributed by atoms with Crippen molar-refractivity contribution in [2.75, 3.05) is 0 Å². The Morgan fingerprint density at radius 2 is 1.61 bits per heavy atom. The van der Waals surface area contributed by atoms with Crippen molar-refractivity contribution in [2.24, 2.45) is 0 Å². The number of benzene rings is 3. The van der Waals surface area contributed by atoms with Crippen molar-refractivity contribution in [3.63, 3.8) is 0 Å². The third kappa shape index (κ3) is 3.15. The summed E-state index contributed by atoms with van der Waals surface area (Å²) in [5, 5.41) is 1.07. The van der Waals surface area contributed by atoms with Crippen molar-refractivity contribution < 1.29 is 9.21 Å². The van der Waals surface area contributed by atoms with Crippen LogP contribution in [-0.2, 0) is 6.54 Å². The number of rotatable bonds is 3. The summed E-state index contributed by atoms with van der Waals surface area (Å²) in [6.07, 6.45) is 0. The molecule has 1 aliphatic heterocycles. The number of halogens is 1. The Bertz CT molecular complexity index is 1390. The second kappa shape index (κ2) is 7.40. The Kier molecular flexibility index (Phi) is 4.67. The van der Waals surface area contributed by atoms with E-state index in [1.54, 1.807) is 11.0 Å². The molecule has 3 aromatic carbocycles. The highest BCUT2D eigenvalue weighted by Gasteiger charge is 2.42. The third-order valence-corrected chi connectivity index (χ3v) is 6.36. The molecule has 1 amide bonds. The van der Waals surface area contributed by atoms with Crippen LogP contribution in [0.2, 0.25) is 5.02 Å². The first-order valence-corrected chi connectivity index (χ1v) is 10.5. The second-order valence-corrected chi connectivity index (χ2v) is 8.35. The largest absolute Gasteiger partial charge is 0.450 e. The summed E-state index contributed by atoms with van der Waals surface area (Å²) in [5.41, 5.74) is 4.35. The Morgan fingerprint density at radius 3 is 2.35 bits per heavy atom. The molecule has 0 saturated heterocycles. The van der Waals surface area contributed by atoms with E-state index in [0.717, 1.165) is 22.3 Å². The molecule has 0 aliphatic carbocycles. The first-order chi connectivity index (χ1) is 15.0. The van der Waals surface area contributed by atoms with Gasteiger partial charge in [-0.2, -0.15) is 0 Å². The lowest BCUT2D eigenvalue weighted by Gasteiger charge is -2.25. The zero-order valence-electron chi connectivity index (χ0n) is 17.2. The molecular weight excluding hydrogens is 410 g/mol. The van der Waals surface area contributed by atoms with E-state index in [1.807, 2.05) is 74.5 Å². The molecule has 2 heterocycles. The predicted molar refractivity (Wildman–Crippen MR) is 122 cm³/mol. The highest BCUT2D eigenvalue weighted by atomic mass is 35.5. The molecule has 1 aliphatic rings. The maximum absolute atomic E-state index is 13.6. The van der Waals surface area contributed by atoms with Gasteiger partial charge in [0.1, 0.15) is 5.58 Å². The Hall–Kier alpha value is -3.37. The van der Waals surface area contributed by atoms with Crippen LogP contribution in [0.3, 0.4) is 0 Å². The predicted octanol–water partition coefficient (Wildman–Crippen LogP) is 5.81. The number of fused-ring (bicyclic) bond motifs is 2. The maximum Gasteiger partial charge on any atom is 0.291 e. The van der Waals surface area contributed by atoms with Gasteiger partial charge in [-0.25, -0.2) is 0 Å². The zero-order chi connectivity index (χ0) is 21.7. The summed E-state index contributed by atoms with van der Waals surface area (Å²) in [6.45, 7) is 4.20. The lowest BCUT2D eigenvalue weighted by Crippen LogP contribution is -2.29. The fourth-order valence-corrected chi connectivity index (χ4v) is 4.43. The van der Waals surface area contributed by atoms with Crippen molar-refractivity contribution in [3.05, 3.63) is 116 Å². The molecular formula is C26H20ClNO3. The molecule has 1 atom stereocenters. The van der Waals surface area contributed by atoms with Crippen LogP contribution in [0, 0.1) is 13.8 Å². The van der Waals surface area contributed by atoms with Gasteiger partial charge in [0.05, 0.1) is 17.0 Å². The van der Waals surface area contributed by atoms with E-state index in [9.17, 15) is 9.59 Å². The van der Waals surface area contributed by atoms with Gasteiger partial charge in [0.25, 0.3) is 5.91 Å². The third-order valence-electron chi connectivity index (χ3n) is 6.00. The zero-order valence-corrected chi connectivity index (χ0v) is 17.9. The topological polar surface area (TPSA) is 50.5 Å². The summed E-state index contributed by atoms with van der Waals surface area (Å²) < 4.78 is 6.06. The molecule has 0 radical (unpaired) electrons. The molecule has 4 aromatic rings. The first-order valence-electron chi connectivity index (χ1n) is 10.1. The van der Waals surface area contributed by atoms with Crippen molar-refractivity contribution in [3.8, 4) is 0 Å². The maximum atomic E-state index is 13.6. The molecule has 31 heavy (non-hydrogen) atoms. The molecule has 0 N–H and O–H groups in total. The average Bonchev–Trinajstić information content (AvgIpc) is 3.04. The van der Waals surface area contributed by atoms with Gasteiger partial charge in [0.2, 0.25) is 5.76 Å². The van der Waals surface area contributed by atoms with E-state index >= 15 is 0 Å². The van der Waals surface area contributed by atoms with Gasteiger partial charge < -0.3 is 9.32 Å². The van der Waals surface area contributed by atoms with Crippen LogP contribution in [0.4, 0.5) is 0 Å². The fraction of sp³-hybridized carbons (Fsp3) is 0.154. The number of carbonyl (C=O) groups is 1. The van der Waals surface area contributed by atoms with E-state index in [2.05, 4.69) is 0 Å². The van der Waals surface area contributed by atoms with Crippen molar-refractivity contribution in [1.29, 1.82) is 0 Å². The fourth-order valence-electron chi connectivity index (χ4n) is 4.23. The van der Waals surface area contributed by atoms with Crippen LogP contribution >= 0.6 is 11.6 Å². The van der Waals surface area contributed by atoms with Gasteiger partial charge in [0, 0.05) is 11.6 Å². The number of amides is 1. The number of hydrogen-bond donors (Lipinski definition) is 0. The molecule has 5 rings (SSSR count). The molecule has 0 spiro atoms.